The van der Waals surface area contributed by atoms with Crippen LogP contribution in [0.5, 0.6) is 0 Å². The lowest BCUT2D eigenvalue weighted by Crippen LogP contribution is -2.56. The molecule has 1 fully saturated rings. The summed E-state index contributed by atoms with van der Waals surface area (Å²) in [6.45, 7) is 4.85. The van der Waals surface area contributed by atoms with Gasteiger partial charge in [-0.15, -0.1) is 0 Å². The average Bonchev–Trinajstić information content (AvgIpc) is 2.31. The van der Waals surface area contributed by atoms with E-state index in [1.807, 2.05) is 0 Å². The standard InChI is InChI=1S/C13H23NO7/c1-13(2,3)21-9(15)6-20-8-5-4-7(14-12(18)19)10(16)11(8)17/h7-8,10-11,14,16-17H,4-6H2,1-3H3,(H,18,19). The van der Waals surface area contributed by atoms with Crippen molar-refractivity contribution in [2.45, 2.75) is 63.6 Å². The summed E-state index contributed by atoms with van der Waals surface area (Å²) in [5.74, 6) is -0.560. The van der Waals surface area contributed by atoms with Crippen LogP contribution in [0, 0.1) is 0 Å². The maximum Gasteiger partial charge on any atom is 0.404 e. The van der Waals surface area contributed by atoms with E-state index in [0.29, 0.717) is 12.8 Å². The monoisotopic (exact) mass is 305 g/mol. The molecule has 0 radical (unpaired) electrons. The van der Waals surface area contributed by atoms with Crippen LogP contribution in [0.25, 0.3) is 0 Å². The molecule has 1 amide bonds. The summed E-state index contributed by atoms with van der Waals surface area (Å²) < 4.78 is 10.3. The quantitative estimate of drug-likeness (QED) is 0.533. The van der Waals surface area contributed by atoms with Crippen molar-refractivity contribution >= 4 is 12.1 Å². The van der Waals surface area contributed by atoms with E-state index in [2.05, 4.69) is 5.32 Å². The van der Waals surface area contributed by atoms with Crippen LogP contribution >= 0.6 is 0 Å². The summed E-state index contributed by atoms with van der Waals surface area (Å²) in [4.78, 5) is 22.1. The number of carbonyl (C=O) groups is 2. The molecule has 1 rings (SSSR count). The number of carbonyl (C=O) groups excluding carboxylic acids is 1. The predicted molar refractivity (Wildman–Crippen MR) is 71.8 cm³/mol. The second-order valence-corrected chi connectivity index (χ2v) is 6.05. The van der Waals surface area contributed by atoms with E-state index < -0.39 is 42.0 Å². The van der Waals surface area contributed by atoms with Crippen LogP contribution < -0.4 is 5.32 Å². The van der Waals surface area contributed by atoms with Crippen molar-refractivity contribution in [3.63, 3.8) is 0 Å². The molecule has 1 saturated carbocycles. The molecule has 0 aromatic carbocycles. The van der Waals surface area contributed by atoms with Gasteiger partial charge in [0.1, 0.15) is 24.4 Å². The SMILES string of the molecule is CC(C)(C)OC(=O)COC1CCC(NC(=O)O)C(O)C1O. The summed E-state index contributed by atoms with van der Waals surface area (Å²) in [6, 6.07) is -0.751. The van der Waals surface area contributed by atoms with Crippen molar-refractivity contribution in [1.29, 1.82) is 0 Å². The summed E-state index contributed by atoms with van der Waals surface area (Å²) in [6.07, 6.45) is -3.91. The first-order valence-corrected chi connectivity index (χ1v) is 6.79. The van der Waals surface area contributed by atoms with E-state index >= 15 is 0 Å². The normalized spacial score (nSPS) is 29.8. The largest absolute Gasteiger partial charge is 0.465 e. The molecule has 0 aromatic heterocycles. The first-order chi connectivity index (χ1) is 9.60. The van der Waals surface area contributed by atoms with E-state index in [1.54, 1.807) is 20.8 Å². The molecular weight excluding hydrogens is 282 g/mol. The van der Waals surface area contributed by atoms with E-state index in [9.17, 15) is 19.8 Å². The number of hydrogen-bond donors (Lipinski definition) is 4. The molecule has 122 valence electrons. The first-order valence-electron chi connectivity index (χ1n) is 6.79. The number of nitrogens with one attached hydrogen (secondary N) is 1. The number of aliphatic hydroxyl groups excluding tert-OH is 2. The Kier molecular flexibility index (Phi) is 5.94. The minimum atomic E-state index is -1.28. The Hall–Kier alpha value is -1.38. The van der Waals surface area contributed by atoms with E-state index in [0.717, 1.165) is 0 Å². The molecule has 0 bridgehead atoms. The maximum absolute atomic E-state index is 11.5. The summed E-state index contributed by atoms with van der Waals surface area (Å²) in [5.41, 5.74) is -0.623. The lowest BCUT2D eigenvalue weighted by molar-refractivity contribution is -0.170. The average molecular weight is 305 g/mol. The van der Waals surface area contributed by atoms with Crippen molar-refractivity contribution < 1.29 is 34.4 Å². The smallest absolute Gasteiger partial charge is 0.404 e. The number of rotatable bonds is 4. The maximum atomic E-state index is 11.5. The van der Waals surface area contributed by atoms with Gasteiger partial charge in [-0.2, -0.15) is 0 Å². The summed E-state index contributed by atoms with van der Waals surface area (Å²) >= 11 is 0. The molecule has 8 heteroatoms. The Balaban J connectivity index is 2.44. The van der Waals surface area contributed by atoms with Crippen LogP contribution in [0.1, 0.15) is 33.6 Å². The molecule has 0 heterocycles. The van der Waals surface area contributed by atoms with Crippen molar-refractivity contribution in [3.05, 3.63) is 0 Å². The van der Waals surface area contributed by atoms with Crippen LogP contribution in [0.4, 0.5) is 4.79 Å². The Labute approximate surface area is 123 Å². The minimum Gasteiger partial charge on any atom is -0.465 e. The molecule has 0 aromatic rings. The minimum absolute atomic E-state index is 0.309. The van der Waals surface area contributed by atoms with Crippen LogP contribution in [0.3, 0.4) is 0 Å². The zero-order valence-corrected chi connectivity index (χ0v) is 12.4. The zero-order valence-electron chi connectivity index (χ0n) is 12.4. The van der Waals surface area contributed by atoms with Crippen LogP contribution in [-0.4, -0.2) is 63.9 Å². The van der Waals surface area contributed by atoms with Gasteiger partial charge < -0.3 is 30.1 Å². The van der Waals surface area contributed by atoms with Gasteiger partial charge in [-0.05, 0) is 33.6 Å². The predicted octanol–water partition coefficient (Wildman–Crippen LogP) is -0.135. The van der Waals surface area contributed by atoms with E-state index in [-0.39, 0.29) is 6.61 Å². The molecule has 0 aliphatic heterocycles. The number of esters is 1. The lowest BCUT2D eigenvalue weighted by atomic mass is 9.87. The molecular formula is C13H23NO7. The fraction of sp³-hybridized carbons (Fsp3) is 0.846. The van der Waals surface area contributed by atoms with Crippen LogP contribution in [0.15, 0.2) is 0 Å². The molecule has 1 aliphatic rings. The number of ether oxygens (including phenoxy) is 2. The molecule has 8 nitrogen and oxygen atoms in total. The van der Waals surface area contributed by atoms with Crippen molar-refractivity contribution in [3.8, 4) is 0 Å². The molecule has 0 spiro atoms. The number of hydrogen-bond acceptors (Lipinski definition) is 6. The van der Waals surface area contributed by atoms with Gasteiger partial charge in [0.05, 0.1) is 12.1 Å². The lowest BCUT2D eigenvalue weighted by Gasteiger charge is -2.37. The molecule has 1 aliphatic carbocycles. The Morgan fingerprint density at radius 1 is 1.19 bits per heavy atom. The van der Waals surface area contributed by atoms with Gasteiger partial charge in [0.25, 0.3) is 0 Å². The van der Waals surface area contributed by atoms with Gasteiger partial charge in [0.15, 0.2) is 0 Å². The van der Waals surface area contributed by atoms with Gasteiger partial charge in [-0.25, -0.2) is 9.59 Å². The van der Waals surface area contributed by atoms with Gasteiger partial charge in [-0.1, -0.05) is 0 Å². The Morgan fingerprint density at radius 3 is 2.33 bits per heavy atom. The van der Waals surface area contributed by atoms with Gasteiger partial charge >= 0.3 is 12.1 Å². The highest BCUT2D eigenvalue weighted by Gasteiger charge is 2.39. The highest BCUT2D eigenvalue weighted by Crippen LogP contribution is 2.23. The third-order valence-electron chi connectivity index (χ3n) is 3.05. The second kappa shape index (κ2) is 7.06. The summed E-state index contributed by atoms with van der Waals surface area (Å²) in [5, 5.41) is 30.5. The topological polar surface area (TPSA) is 125 Å². The highest BCUT2D eigenvalue weighted by atomic mass is 16.6. The third-order valence-corrected chi connectivity index (χ3v) is 3.05. The highest BCUT2D eigenvalue weighted by molar-refractivity contribution is 5.71. The number of amides is 1. The van der Waals surface area contributed by atoms with Crippen molar-refractivity contribution in [1.82, 2.24) is 5.32 Å². The molecule has 0 saturated heterocycles. The molecule has 21 heavy (non-hydrogen) atoms. The Bertz CT molecular complexity index is 379. The molecule has 4 N–H and O–H groups in total. The number of carboxylic acid groups (broad SMARTS) is 1. The van der Waals surface area contributed by atoms with Crippen LogP contribution in [-0.2, 0) is 14.3 Å². The van der Waals surface area contributed by atoms with Crippen LogP contribution in [0.2, 0.25) is 0 Å². The molecule has 4 unspecified atom stereocenters. The van der Waals surface area contributed by atoms with Gasteiger partial charge in [0.2, 0.25) is 0 Å². The van der Waals surface area contributed by atoms with E-state index in [1.165, 1.54) is 0 Å². The summed E-state index contributed by atoms with van der Waals surface area (Å²) in [7, 11) is 0. The van der Waals surface area contributed by atoms with Crippen molar-refractivity contribution in [2.75, 3.05) is 6.61 Å². The zero-order chi connectivity index (χ0) is 16.2. The first kappa shape index (κ1) is 17.7. The fourth-order valence-corrected chi connectivity index (χ4v) is 2.19. The number of aliphatic hydroxyl groups is 2. The fourth-order valence-electron chi connectivity index (χ4n) is 2.19. The van der Waals surface area contributed by atoms with Crippen molar-refractivity contribution in [2.24, 2.45) is 0 Å². The molecule has 4 atom stereocenters. The van der Waals surface area contributed by atoms with Gasteiger partial charge in [-0.3, -0.25) is 0 Å². The third kappa shape index (κ3) is 5.86. The van der Waals surface area contributed by atoms with Gasteiger partial charge in [0, 0.05) is 0 Å². The Morgan fingerprint density at radius 2 is 1.81 bits per heavy atom. The second-order valence-electron chi connectivity index (χ2n) is 6.05. The van der Waals surface area contributed by atoms with E-state index in [4.69, 9.17) is 14.6 Å².